The van der Waals surface area contributed by atoms with Gasteiger partial charge in [0.25, 0.3) is 0 Å². The predicted octanol–water partition coefficient (Wildman–Crippen LogP) is -1.01. The molecule has 2 rings (SSSR count). The van der Waals surface area contributed by atoms with Gasteiger partial charge in [0.1, 0.15) is 5.36 Å². The molecule has 1 aliphatic rings. The Morgan fingerprint density at radius 1 is 1.36 bits per heavy atom. The van der Waals surface area contributed by atoms with Gasteiger partial charge in [-0.2, -0.15) is 19.4 Å². The lowest BCUT2D eigenvalue weighted by Crippen LogP contribution is -2.27. The van der Waals surface area contributed by atoms with Crippen molar-refractivity contribution in [2.75, 3.05) is 0 Å². The second-order valence-corrected chi connectivity index (χ2v) is 1.85. The molecule has 2 amide bonds. The van der Waals surface area contributed by atoms with E-state index >= 15 is 0 Å². The van der Waals surface area contributed by atoms with E-state index in [0.717, 1.165) is 6.20 Å². The zero-order chi connectivity index (χ0) is 7.84. The summed E-state index contributed by atoms with van der Waals surface area (Å²) in [6.45, 7) is 0. The number of halogens is 1. The molecular formula is C5HFN4O. The maximum Gasteiger partial charge on any atom is 0.369 e. The molecule has 0 fully saturated rings. The summed E-state index contributed by atoms with van der Waals surface area (Å²) in [5.41, 5.74) is 0.00231. The topological polar surface area (TPSA) is 67.6 Å². The van der Waals surface area contributed by atoms with Gasteiger partial charge in [0, 0.05) is 0 Å². The lowest BCUT2D eigenvalue weighted by molar-refractivity contribution is 0.256. The molecular weight excluding hydrogens is 151 g/mol. The summed E-state index contributed by atoms with van der Waals surface area (Å²) in [7, 11) is 0. The third-order valence-electron chi connectivity index (χ3n) is 1.14. The number of rotatable bonds is 0. The van der Waals surface area contributed by atoms with Crippen LogP contribution >= 0.6 is 0 Å². The Balaban J connectivity index is 2.89. The molecule has 0 spiro atoms. The number of nitrogens with zero attached hydrogens (tertiary/aromatic N) is 4. The van der Waals surface area contributed by atoms with Gasteiger partial charge >= 0.3 is 12.1 Å². The van der Waals surface area contributed by atoms with Crippen LogP contribution in [0.15, 0.2) is 16.2 Å². The van der Waals surface area contributed by atoms with Crippen molar-refractivity contribution >= 4 is 6.03 Å². The number of fused-ring (bicyclic) bond motifs is 1. The van der Waals surface area contributed by atoms with Gasteiger partial charge < -0.3 is 0 Å². The van der Waals surface area contributed by atoms with Crippen LogP contribution in [0.5, 0.6) is 0 Å². The van der Waals surface area contributed by atoms with Crippen molar-refractivity contribution in [2.45, 2.75) is 0 Å². The van der Waals surface area contributed by atoms with Gasteiger partial charge in [-0.25, -0.2) is 9.78 Å². The first-order chi connectivity index (χ1) is 5.25. The van der Waals surface area contributed by atoms with Crippen LogP contribution in [0.1, 0.15) is 0 Å². The van der Waals surface area contributed by atoms with Crippen molar-refractivity contribution in [3.05, 3.63) is 23.1 Å². The lowest BCUT2D eigenvalue weighted by atomic mass is 10.6. The van der Waals surface area contributed by atoms with Crippen molar-refractivity contribution in [3.63, 3.8) is 0 Å². The second kappa shape index (κ2) is 1.88. The van der Waals surface area contributed by atoms with Crippen LogP contribution in [0, 0.1) is 6.08 Å². The van der Waals surface area contributed by atoms with E-state index in [1.54, 1.807) is 0 Å². The van der Waals surface area contributed by atoms with Crippen LogP contribution in [-0.4, -0.2) is 16.0 Å². The highest BCUT2D eigenvalue weighted by atomic mass is 19.1. The van der Waals surface area contributed by atoms with E-state index in [4.69, 9.17) is 0 Å². The molecule has 0 bridgehead atoms. The standard InChI is InChI=1S/C5HFN4O/c6-4-7-1-2-3(9-4)10-5(11)8-2/h1H. The molecule has 0 aliphatic carbocycles. The molecule has 0 saturated carbocycles. The molecule has 0 unspecified atom stereocenters. The highest BCUT2D eigenvalue weighted by molar-refractivity contribution is 5.77. The molecule has 1 aromatic heterocycles. The highest BCUT2D eigenvalue weighted by Crippen LogP contribution is 1.82. The molecule has 0 N–H and O–H groups in total. The van der Waals surface area contributed by atoms with Crippen LogP contribution in [-0.2, 0) is 0 Å². The van der Waals surface area contributed by atoms with E-state index in [1.807, 2.05) is 0 Å². The van der Waals surface area contributed by atoms with E-state index in [2.05, 4.69) is 20.0 Å². The fraction of sp³-hybridized carbons (Fsp3) is 0. The minimum atomic E-state index is -0.905. The Morgan fingerprint density at radius 2 is 2.18 bits per heavy atom. The summed E-state index contributed by atoms with van der Waals surface area (Å²) in [4.78, 5) is 23.6. The molecule has 2 heterocycles. The quantitative estimate of drug-likeness (QED) is 0.447. The van der Waals surface area contributed by atoms with Crippen LogP contribution in [0.3, 0.4) is 0 Å². The maximum absolute atomic E-state index is 12.3. The van der Waals surface area contributed by atoms with Gasteiger partial charge in [-0.1, -0.05) is 0 Å². The van der Waals surface area contributed by atoms with Gasteiger partial charge in [-0.15, -0.1) is 0 Å². The van der Waals surface area contributed by atoms with Crippen molar-refractivity contribution < 1.29 is 9.18 Å². The molecule has 11 heavy (non-hydrogen) atoms. The second-order valence-electron chi connectivity index (χ2n) is 1.85. The first kappa shape index (κ1) is 6.02. The SMILES string of the molecule is O=C1N=c2cnc(F)nc2=N1. The zero-order valence-electron chi connectivity index (χ0n) is 5.15. The van der Waals surface area contributed by atoms with Gasteiger partial charge in [0.2, 0.25) is 0 Å². The first-order valence-electron chi connectivity index (χ1n) is 2.76. The molecule has 1 aliphatic heterocycles. The zero-order valence-corrected chi connectivity index (χ0v) is 5.15. The Bertz CT molecular complexity index is 440. The van der Waals surface area contributed by atoms with Crippen LogP contribution < -0.4 is 10.8 Å². The summed E-state index contributed by atoms with van der Waals surface area (Å²) >= 11 is 0. The number of urea groups is 1. The number of hydrogen-bond donors (Lipinski definition) is 0. The van der Waals surface area contributed by atoms with E-state index in [1.165, 1.54) is 0 Å². The average Bonchev–Trinajstić information content (AvgIpc) is 2.27. The fourth-order valence-electron chi connectivity index (χ4n) is 0.725. The molecule has 6 heteroatoms. The minimum absolute atomic E-state index is 0.00231. The largest absolute Gasteiger partial charge is 0.369 e. The summed E-state index contributed by atoms with van der Waals surface area (Å²) in [6, 6.07) is -0.667. The fourth-order valence-corrected chi connectivity index (χ4v) is 0.725. The number of carbonyl (C=O) groups is 1. The van der Waals surface area contributed by atoms with Gasteiger partial charge in [0.15, 0.2) is 5.49 Å². The number of hydrogen-bond acceptors (Lipinski definition) is 3. The van der Waals surface area contributed by atoms with E-state index in [9.17, 15) is 9.18 Å². The smallest absolute Gasteiger partial charge is 0.244 e. The molecule has 1 aromatic rings. The molecule has 5 nitrogen and oxygen atoms in total. The van der Waals surface area contributed by atoms with Crippen molar-refractivity contribution in [1.29, 1.82) is 0 Å². The first-order valence-corrected chi connectivity index (χ1v) is 2.76. The monoisotopic (exact) mass is 152 g/mol. The molecule has 0 radical (unpaired) electrons. The summed E-state index contributed by atoms with van der Waals surface area (Å²) in [5, 5.41) is 0.219. The highest BCUT2D eigenvalue weighted by Gasteiger charge is 2.06. The normalized spacial score (nSPS) is 13.7. The van der Waals surface area contributed by atoms with Crippen LogP contribution in [0.2, 0.25) is 0 Å². The van der Waals surface area contributed by atoms with Crippen molar-refractivity contribution in [1.82, 2.24) is 9.97 Å². The third kappa shape index (κ3) is 0.878. The third-order valence-corrected chi connectivity index (χ3v) is 1.14. The van der Waals surface area contributed by atoms with Crippen molar-refractivity contribution in [3.8, 4) is 0 Å². The Hall–Kier alpha value is -1.72. The Morgan fingerprint density at radius 3 is 3.00 bits per heavy atom. The minimum Gasteiger partial charge on any atom is -0.244 e. The van der Waals surface area contributed by atoms with E-state index in [-0.39, 0.29) is 10.8 Å². The van der Waals surface area contributed by atoms with E-state index < -0.39 is 12.1 Å². The summed E-state index contributed by atoms with van der Waals surface area (Å²) in [6.07, 6.45) is 0.212. The van der Waals surface area contributed by atoms with Crippen LogP contribution in [0.25, 0.3) is 0 Å². The summed E-state index contributed by atoms with van der Waals surface area (Å²) in [5.74, 6) is 0. The predicted molar refractivity (Wildman–Crippen MR) is 29.7 cm³/mol. The molecule has 0 saturated heterocycles. The molecule has 0 aromatic carbocycles. The van der Waals surface area contributed by atoms with Crippen LogP contribution in [0.4, 0.5) is 9.18 Å². The average molecular weight is 152 g/mol. The lowest BCUT2D eigenvalue weighted by Gasteiger charge is -1.80. The molecule has 0 atom stereocenters. The maximum atomic E-state index is 12.3. The Labute approximate surface area is 59.3 Å². The molecule has 54 valence electrons. The summed E-state index contributed by atoms with van der Waals surface area (Å²) < 4.78 is 12.3. The number of amides is 2. The number of aromatic nitrogens is 2. The van der Waals surface area contributed by atoms with Gasteiger partial charge in [-0.3, -0.25) is 0 Å². The number of carbonyl (C=O) groups excluding carboxylic acids is 1. The Kier molecular flexibility index (Phi) is 1.03. The van der Waals surface area contributed by atoms with Gasteiger partial charge in [0.05, 0.1) is 6.20 Å². The van der Waals surface area contributed by atoms with Crippen molar-refractivity contribution in [2.24, 2.45) is 9.98 Å². The van der Waals surface area contributed by atoms with Gasteiger partial charge in [-0.05, 0) is 0 Å². The van der Waals surface area contributed by atoms with E-state index in [0.29, 0.717) is 0 Å².